The average molecular weight is 950 g/mol. The third-order valence-electron chi connectivity index (χ3n) is 12.9. The third kappa shape index (κ3) is 9.98. The second-order valence-electron chi connectivity index (χ2n) is 17.7. The minimum atomic E-state index is -2.97. The standard InChI is InChI=1S/C47H49F2N11O7S/c1-67-39-21-31(48)6-7-32(39)34-22-41(51-23-35(34)49)52-40-20-29(10-15-50-40)27-68(2,66)55-43(62)26-57-16-13-30(14-17-57)36-25-59(56-54-36)24-28-11-18-58(19-12-28)37-5-3-4-33-44(37)47(65)60(46(33)64)38-8-9-42(61)53-45(38)63/h3-7,10,15,20-23,25,28,30,38H,8-9,11-14,16-19,24,26-27H2,1-2H3,(H,50,51,52)(H,53,61,63). The van der Waals surface area contributed by atoms with Gasteiger partial charge in [-0.2, -0.15) is 4.36 Å². The lowest BCUT2D eigenvalue weighted by Gasteiger charge is -2.34. The normalized spacial score (nSPS) is 19.1. The molecule has 5 aromatic rings. The average Bonchev–Trinajstić information content (AvgIpc) is 3.88. The van der Waals surface area contributed by atoms with Crippen molar-refractivity contribution >= 4 is 56.6 Å². The van der Waals surface area contributed by atoms with Gasteiger partial charge in [0, 0.05) is 67.8 Å². The number of fused-ring (bicyclic) bond motifs is 1. The van der Waals surface area contributed by atoms with Crippen LogP contribution in [-0.2, 0) is 36.4 Å². The summed E-state index contributed by atoms with van der Waals surface area (Å²) in [5, 5.41) is 14.2. The molecule has 3 saturated heterocycles. The van der Waals surface area contributed by atoms with Crippen LogP contribution in [0.2, 0.25) is 0 Å². The van der Waals surface area contributed by atoms with Crippen molar-refractivity contribution in [3.63, 3.8) is 0 Å². The number of methoxy groups -OCH3 is 1. The van der Waals surface area contributed by atoms with Crippen LogP contribution >= 0.6 is 0 Å². The molecule has 68 heavy (non-hydrogen) atoms. The lowest BCUT2D eigenvalue weighted by atomic mass is 9.93. The zero-order valence-corrected chi connectivity index (χ0v) is 38.2. The number of hydrogen-bond acceptors (Lipinski definition) is 14. The number of rotatable bonds is 13. The molecule has 0 saturated carbocycles. The second kappa shape index (κ2) is 19.3. The first-order chi connectivity index (χ1) is 32.7. The van der Waals surface area contributed by atoms with Crippen molar-refractivity contribution in [2.45, 2.75) is 62.8 Å². The minimum absolute atomic E-state index is 0.00727. The Kier molecular flexibility index (Phi) is 13.1. The number of anilines is 3. The van der Waals surface area contributed by atoms with E-state index < -0.39 is 56.9 Å². The number of piperidine rings is 3. The van der Waals surface area contributed by atoms with Gasteiger partial charge in [-0.05, 0) is 99.1 Å². The van der Waals surface area contributed by atoms with E-state index >= 15 is 0 Å². The van der Waals surface area contributed by atoms with Crippen LogP contribution in [0.25, 0.3) is 11.1 Å². The Morgan fingerprint density at radius 3 is 2.46 bits per heavy atom. The van der Waals surface area contributed by atoms with Crippen LogP contribution in [0.1, 0.15) is 76.4 Å². The van der Waals surface area contributed by atoms with Gasteiger partial charge in [-0.3, -0.25) is 43.8 Å². The minimum Gasteiger partial charge on any atom is -0.496 e. The molecule has 0 spiro atoms. The van der Waals surface area contributed by atoms with Gasteiger partial charge < -0.3 is 15.0 Å². The largest absolute Gasteiger partial charge is 0.496 e. The SMILES string of the molecule is COc1cc(F)ccc1-c1cc(Nc2cc(CS(C)(=O)=NC(=O)CN3CCC(c4cn(CC5CCN(c6cccc7c6C(=O)N(C6CCC(=O)NC6=O)C7=O)CC5)nn4)CC3)ccn2)ncc1F. The van der Waals surface area contributed by atoms with Crippen LogP contribution in [0.15, 0.2) is 77.6 Å². The molecule has 2 unspecified atom stereocenters. The van der Waals surface area contributed by atoms with E-state index in [-0.39, 0.29) is 53.8 Å². The predicted molar refractivity (Wildman–Crippen MR) is 245 cm³/mol. The molecule has 18 nitrogen and oxygen atoms in total. The van der Waals surface area contributed by atoms with Crippen LogP contribution in [0.4, 0.5) is 26.1 Å². The van der Waals surface area contributed by atoms with Gasteiger partial charge in [0.05, 0.1) is 57.8 Å². The molecule has 5 amide bonds. The van der Waals surface area contributed by atoms with Gasteiger partial charge in [0.25, 0.3) is 17.7 Å². The Labute approximate surface area is 390 Å². The van der Waals surface area contributed by atoms with Crippen molar-refractivity contribution in [1.29, 1.82) is 0 Å². The van der Waals surface area contributed by atoms with Crippen molar-refractivity contribution in [2.24, 2.45) is 10.3 Å². The fourth-order valence-electron chi connectivity index (χ4n) is 9.50. The van der Waals surface area contributed by atoms with Crippen LogP contribution < -0.4 is 20.3 Å². The Hall–Kier alpha value is -7.00. The maximum absolute atomic E-state index is 14.8. The third-order valence-corrected chi connectivity index (χ3v) is 14.3. The molecular formula is C47H49F2N11O7S. The Balaban J connectivity index is 0.739. The van der Waals surface area contributed by atoms with Crippen molar-refractivity contribution in [3.8, 4) is 16.9 Å². The first kappa shape index (κ1) is 46.1. The summed E-state index contributed by atoms with van der Waals surface area (Å²) in [6, 6.07) is 12.8. The molecule has 4 aliphatic heterocycles. The number of nitrogens with one attached hydrogen (secondary N) is 2. The molecule has 3 aromatic heterocycles. The molecule has 0 aliphatic carbocycles. The summed E-state index contributed by atoms with van der Waals surface area (Å²) in [5.41, 5.74) is 3.22. The summed E-state index contributed by atoms with van der Waals surface area (Å²) in [7, 11) is -1.60. The molecule has 2 N–H and O–H groups in total. The van der Waals surface area contributed by atoms with E-state index in [2.05, 4.69) is 40.2 Å². The number of halogens is 2. The Morgan fingerprint density at radius 2 is 1.69 bits per heavy atom. The maximum atomic E-state index is 14.8. The van der Waals surface area contributed by atoms with E-state index in [0.717, 1.165) is 42.5 Å². The predicted octanol–water partition coefficient (Wildman–Crippen LogP) is 5.09. The zero-order valence-electron chi connectivity index (χ0n) is 37.4. The van der Waals surface area contributed by atoms with Gasteiger partial charge in [0.1, 0.15) is 35.1 Å². The smallest absolute Gasteiger partial charge is 0.267 e. The van der Waals surface area contributed by atoms with E-state index in [1.54, 1.807) is 24.3 Å². The molecule has 4 aliphatic rings. The summed E-state index contributed by atoms with van der Waals surface area (Å²) < 4.78 is 53.5. The molecule has 2 aromatic carbocycles. The quantitative estimate of drug-likeness (QED) is 0.147. The number of aromatic nitrogens is 5. The van der Waals surface area contributed by atoms with Crippen LogP contribution in [0, 0.1) is 17.6 Å². The molecule has 7 heterocycles. The number of imide groups is 2. The topological polar surface area (TPSA) is 214 Å². The van der Waals surface area contributed by atoms with Crippen LogP contribution in [-0.4, -0.2) is 121 Å². The van der Waals surface area contributed by atoms with Crippen LogP contribution in [0.3, 0.4) is 0 Å². The number of carbonyl (C=O) groups excluding carboxylic acids is 5. The molecule has 21 heteroatoms. The summed E-state index contributed by atoms with van der Waals surface area (Å²) in [6.45, 7) is 3.32. The number of hydrogen-bond donors (Lipinski definition) is 2. The van der Waals surface area contributed by atoms with Gasteiger partial charge in [-0.25, -0.2) is 23.0 Å². The summed E-state index contributed by atoms with van der Waals surface area (Å²) in [6.07, 6.45) is 9.35. The molecular weight excluding hydrogens is 901 g/mol. The zero-order chi connectivity index (χ0) is 47.7. The van der Waals surface area contributed by atoms with Crippen LogP contribution in [0.5, 0.6) is 5.75 Å². The van der Waals surface area contributed by atoms with E-state index in [4.69, 9.17) is 4.74 Å². The molecule has 2 atom stereocenters. The molecule has 3 fully saturated rings. The molecule has 0 radical (unpaired) electrons. The fraction of sp³-hybridized carbons (Fsp3) is 0.383. The maximum Gasteiger partial charge on any atom is 0.267 e. The van der Waals surface area contributed by atoms with Gasteiger partial charge >= 0.3 is 0 Å². The molecule has 354 valence electrons. The number of pyridine rings is 2. The fourth-order valence-corrected chi connectivity index (χ4v) is 10.9. The number of nitrogens with zero attached hydrogens (tertiary/aromatic N) is 9. The molecule has 0 bridgehead atoms. The van der Waals surface area contributed by atoms with Gasteiger partial charge in [0.15, 0.2) is 0 Å². The highest BCUT2D eigenvalue weighted by molar-refractivity contribution is 7.92. The van der Waals surface area contributed by atoms with E-state index in [9.17, 15) is 37.0 Å². The Bertz CT molecular complexity index is 2940. The highest BCUT2D eigenvalue weighted by atomic mass is 32.2. The number of amides is 5. The van der Waals surface area contributed by atoms with Crippen molar-refractivity contribution in [3.05, 3.63) is 107 Å². The lowest BCUT2D eigenvalue weighted by molar-refractivity contribution is -0.136. The highest BCUT2D eigenvalue weighted by Crippen LogP contribution is 2.37. The number of ether oxygens (including phenoxy) is 1. The number of likely N-dealkylation sites (tertiary alicyclic amines) is 1. The highest BCUT2D eigenvalue weighted by Gasteiger charge is 2.46. The van der Waals surface area contributed by atoms with Gasteiger partial charge in [-0.1, -0.05) is 11.3 Å². The number of carbonyl (C=O) groups is 5. The lowest BCUT2D eigenvalue weighted by Crippen LogP contribution is -2.54. The van der Waals surface area contributed by atoms with Gasteiger partial charge in [0.2, 0.25) is 11.8 Å². The van der Waals surface area contributed by atoms with Crippen molar-refractivity contribution in [1.82, 2.24) is 40.1 Å². The monoisotopic (exact) mass is 949 g/mol. The van der Waals surface area contributed by atoms with Crippen molar-refractivity contribution in [2.75, 3.05) is 56.3 Å². The first-order valence-corrected chi connectivity index (χ1v) is 24.5. The Morgan fingerprint density at radius 1 is 0.912 bits per heavy atom. The van der Waals surface area contributed by atoms with E-state index in [0.29, 0.717) is 66.8 Å². The van der Waals surface area contributed by atoms with E-state index in [1.165, 1.54) is 43.8 Å². The van der Waals surface area contributed by atoms with Crippen molar-refractivity contribution < 1.29 is 41.7 Å². The second-order valence-corrected chi connectivity index (χ2v) is 20.0. The van der Waals surface area contributed by atoms with E-state index in [1.807, 2.05) is 21.8 Å². The van der Waals surface area contributed by atoms with Gasteiger partial charge in [-0.15, -0.1) is 5.10 Å². The summed E-state index contributed by atoms with van der Waals surface area (Å²) in [5.74, 6) is -2.47. The summed E-state index contributed by atoms with van der Waals surface area (Å²) in [4.78, 5) is 77.9. The molecule has 9 rings (SSSR count). The summed E-state index contributed by atoms with van der Waals surface area (Å²) >= 11 is 0. The number of benzene rings is 2. The first-order valence-electron chi connectivity index (χ1n) is 22.4.